The maximum Gasteiger partial charge on any atom is 0.472 e. The van der Waals surface area contributed by atoms with Gasteiger partial charge in [-0.05, 0) is 20.8 Å². The van der Waals surface area contributed by atoms with Crippen LogP contribution in [0, 0.1) is 20.8 Å². The van der Waals surface area contributed by atoms with Crippen LogP contribution < -0.4 is 50.9 Å². The summed E-state index contributed by atoms with van der Waals surface area (Å²) in [5.74, 6) is -0.299. The van der Waals surface area contributed by atoms with Crippen LogP contribution in [0.3, 0.4) is 0 Å². The van der Waals surface area contributed by atoms with Gasteiger partial charge in [-0.15, -0.1) is 0 Å². The third kappa shape index (κ3) is 18.5. The number of nitrogens with zero attached hydrogens (tertiary/aromatic N) is 18. The Morgan fingerprint density at radius 1 is 0.385 bits per heavy atom. The van der Waals surface area contributed by atoms with E-state index < -0.39 is 244 Å². The van der Waals surface area contributed by atoms with Crippen molar-refractivity contribution in [3.63, 3.8) is 0 Å². The molecule has 0 amide bonds. The Kier molecular flexibility index (Phi) is 26.8. The number of aromatic amines is 3. The van der Waals surface area contributed by atoms with Crippen molar-refractivity contribution in [1.82, 2.24) is 102 Å². The summed E-state index contributed by atoms with van der Waals surface area (Å²) in [6, 6.07) is 0. The van der Waals surface area contributed by atoms with Crippen LogP contribution in [0.5, 0.6) is 0 Å². The maximum absolute atomic E-state index is 15.5. The van der Waals surface area contributed by atoms with Crippen LogP contribution >= 0.6 is 23.5 Å². The van der Waals surface area contributed by atoms with Gasteiger partial charge in [-0.3, -0.25) is 68.9 Å². The number of hydrogen-bond donors (Lipinski definition) is 15. The van der Waals surface area contributed by atoms with Crippen LogP contribution in [0.4, 0.5) is 35.4 Å². The van der Waals surface area contributed by atoms with Gasteiger partial charge in [0.15, 0.2) is 95.5 Å². The summed E-state index contributed by atoms with van der Waals surface area (Å²) in [6.45, 7) is -0.288. The third-order valence-corrected chi connectivity index (χ3v) is 22.3. The summed E-state index contributed by atoms with van der Waals surface area (Å²) in [6.07, 6.45) is -32.3. The van der Waals surface area contributed by atoms with Crippen molar-refractivity contribution in [3.8, 4) is 0 Å². The molecule has 6 aliphatic rings. The topological polar surface area (TPSA) is 775 Å². The molecule has 0 aromatic carbocycles. The summed E-state index contributed by atoms with van der Waals surface area (Å²) < 4.78 is 178. The highest BCUT2D eigenvalue weighted by atomic mass is 31.2. The van der Waals surface area contributed by atoms with E-state index in [1.807, 2.05) is 0 Å². The Hall–Kier alpha value is -9.63. The SMILES string of the molecule is COC1[C@@H](O)[C@@H](COP(=O)(O)O[C@@H]2C(OC)[C@H](n3cnc4c(=O)[nH]c(C)nc43)O[C@@H]2CO)O[C@H]1n1cnc(N)nc1=O.Cc1nc2c(ncn2[C@@H]2O[C@H](CO)[C@H](OP(=O)(O)OC[C@H]3O[C@@H](n4cnc(N)nc4=O)C(F)[C@H]3O)C2F)c(=O)[nH]1.Cc1nc2c(ncn2[C@@H]2O[C@H](COP(=O)(O)O[C@@H]3C(F)[C@H](n4cnc(N)nc4=O)O[C@@H]3CO)[C@H](O)C2F)c(=O)[nH]1. The molecule has 9 unspecified atom stereocenters. The van der Waals surface area contributed by atoms with Crippen LogP contribution in [0.1, 0.15) is 54.8 Å². The first kappa shape index (κ1) is 90.1. The number of aromatic nitrogens is 21. The van der Waals surface area contributed by atoms with Gasteiger partial charge in [0.1, 0.15) is 122 Å². The van der Waals surface area contributed by atoms with E-state index in [1.54, 1.807) is 6.92 Å². The van der Waals surface area contributed by atoms with Crippen molar-refractivity contribution in [2.45, 2.75) is 168 Å². The Morgan fingerprint density at radius 3 is 1.01 bits per heavy atom. The number of aliphatic hydroxyl groups excluding tert-OH is 6. The molecule has 6 aliphatic heterocycles. The minimum Gasteiger partial charge on any atom is -0.394 e. The van der Waals surface area contributed by atoms with Crippen molar-refractivity contribution in [2.75, 3.05) is 71.1 Å². The van der Waals surface area contributed by atoms with Gasteiger partial charge in [0.05, 0.1) is 58.6 Å². The van der Waals surface area contributed by atoms with Gasteiger partial charge >= 0.3 is 40.5 Å². The molecular formula is C59H75F4N24O32P3. The summed E-state index contributed by atoms with van der Waals surface area (Å²) in [7, 11) is -12.7. The molecule has 9 aromatic heterocycles. The highest BCUT2D eigenvalue weighted by Gasteiger charge is 2.56. The van der Waals surface area contributed by atoms with Crippen LogP contribution in [0.25, 0.3) is 33.5 Å². The molecule has 0 aliphatic carbocycles. The number of imidazole rings is 3. The zero-order valence-electron chi connectivity index (χ0n) is 63.1. The lowest BCUT2D eigenvalue weighted by atomic mass is 10.1. The molecule has 18 N–H and O–H groups in total. The Labute approximate surface area is 673 Å². The lowest BCUT2D eigenvalue weighted by Crippen LogP contribution is -2.38. The second kappa shape index (κ2) is 36.3. The second-order valence-electron chi connectivity index (χ2n) is 27.2. The van der Waals surface area contributed by atoms with Crippen molar-refractivity contribution < 1.29 is 142 Å². The lowest BCUT2D eigenvalue weighted by molar-refractivity contribution is -0.0665. The summed E-state index contributed by atoms with van der Waals surface area (Å²) in [4.78, 5) is 157. The largest absolute Gasteiger partial charge is 0.472 e. The lowest BCUT2D eigenvalue weighted by Gasteiger charge is -2.25. The number of nitrogen functional groups attached to an aromatic ring is 3. The van der Waals surface area contributed by atoms with Crippen molar-refractivity contribution in [3.05, 3.63) is 118 Å². The summed E-state index contributed by atoms with van der Waals surface area (Å²) in [5.41, 5.74) is 11.4. The average molecular weight is 1800 g/mol. The standard InChI is InChI=1S/C21H29N8O12P.2C19H23F2N8O10P/c1-8-25-16-11(17(32)26-8)23-6-28(16)19-15(37-3)13(9(4-30)39-19)41-42(34,35)38-5-10-12(31)14(36-2)18(40-10)29-7-24-20(22)27-21(29)33;1-6-25-14-11(15(32)26-6)23-4-28(14)17-10(21)13(7(2-30)37-17)39-40(34,35)36-3-8-12(31)9(20)16(38-8)29-5-24-18(22)27-19(29)33;1-6-25-14-11(15(32)26-6)23-4-28(14)16-9(20)12(31)8(38-16)3-36-40(34,35)39-13-7(2-30)37-17(10(13)21)29-5-24-18(22)27-19(29)33/h6-7,9-10,12-15,18-19,30-31H,4-5H2,1-3H3,(H,34,35)(H2,22,27,33)(H,25,26,32);2*4-5,7-10,12-13,16-17,30-31H,2-3H2,1H3,(H,34,35)(H2,22,27,33)(H,25,26,32)/t9-,10-,12+,13+,14?,15?,18-,19-;2*7-,8-,9?,10?,12+,13+,16-,17-/m111/s1. The molecule has 6 fully saturated rings. The summed E-state index contributed by atoms with van der Waals surface area (Å²) in [5, 5.41) is 60.4. The smallest absolute Gasteiger partial charge is 0.394 e. The molecule has 15 heterocycles. The summed E-state index contributed by atoms with van der Waals surface area (Å²) >= 11 is 0. The minimum absolute atomic E-state index is 0.0238. The normalized spacial score (nSPS) is 31.7. The molecule has 0 spiro atoms. The average Bonchev–Trinajstić information content (AvgIpc) is 1.61. The van der Waals surface area contributed by atoms with Crippen LogP contribution in [0.2, 0.25) is 0 Å². The van der Waals surface area contributed by atoms with E-state index in [0.717, 1.165) is 45.3 Å². The van der Waals surface area contributed by atoms with Crippen molar-refractivity contribution in [2.24, 2.45) is 0 Å². The molecule has 63 heteroatoms. The monoisotopic (exact) mass is 1800 g/mol. The molecule has 666 valence electrons. The number of fused-ring (bicyclic) bond motifs is 3. The van der Waals surface area contributed by atoms with Gasteiger partial charge < -0.3 is 115 Å². The molecule has 15 rings (SSSR count). The Bertz CT molecular complexity index is 5840. The fraction of sp³-hybridized carbons (Fsp3) is 0.593. The van der Waals surface area contributed by atoms with Crippen LogP contribution in [-0.2, 0) is 78.7 Å². The van der Waals surface area contributed by atoms with E-state index in [9.17, 15) is 96.6 Å². The van der Waals surface area contributed by atoms with Gasteiger partial charge in [-0.25, -0.2) is 90.5 Å². The first-order valence-electron chi connectivity index (χ1n) is 35.6. The first-order valence-corrected chi connectivity index (χ1v) is 40.1. The van der Waals surface area contributed by atoms with E-state index in [4.69, 9.17) is 82.2 Å². The zero-order valence-corrected chi connectivity index (χ0v) is 65.8. The number of nitrogens with two attached hydrogens (primary N) is 3. The number of rotatable bonds is 26. The van der Waals surface area contributed by atoms with E-state index >= 15 is 8.78 Å². The molecule has 0 bridgehead atoms. The maximum atomic E-state index is 15.5. The molecule has 0 saturated carbocycles. The quantitative estimate of drug-likeness (QED) is 0.0177. The number of halogens is 4. The molecule has 122 heavy (non-hydrogen) atoms. The predicted molar refractivity (Wildman–Crippen MR) is 387 cm³/mol. The predicted octanol–water partition coefficient (Wildman–Crippen LogP) is -6.68. The molecule has 0 radical (unpaired) electrons. The fourth-order valence-corrected chi connectivity index (χ4v) is 16.5. The molecule has 56 nitrogen and oxygen atoms in total. The Balaban J connectivity index is 0.000000158. The third-order valence-electron chi connectivity index (χ3n) is 19.3. The number of aryl methyl sites for hydroxylation is 3. The van der Waals surface area contributed by atoms with Gasteiger partial charge in [0.2, 0.25) is 17.8 Å². The van der Waals surface area contributed by atoms with Crippen LogP contribution in [-0.4, -0.2) is 311 Å². The Morgan fingerprint density at radius 2 is 0.656 bits per heavy atom. The molecule has 27 atom stereocenters. The highest BCUT2D eigenvalue weighted by Crippen LogP contribution is 2.53. The number of aliphatic hydroxyl groups is 6. The van der Waals surface area contributed by atoms with Crippen molar-refractivity contribution in [1.29, 1.82) is 0 Å². The van der Waals surface area contributed by atoms with Gasteiger partial charge in [-0.1, -0.05) is 0 Å². The molecular weight excluding hydrogens is 1730 g/mol. The highest BCUT2D eigenvalue weighted by molar-refractivity contribution is 7.48. The fourth-order valence-electron chi connectivity index (χ4n) is 13.6. The first-order chi connectivity index (χ1) is 57.8. The minimum atomic E-state index is -5.16. The van der Waals surface area contributed by atoms with Gasteiger partial charge in [-0.2, -0.15) is 15.0 Å². The number of phosphoric ester groups is 3. The van der Waals surface area contributed by atoms with Gasteiger partial charge in [0, 0.05) is 14.2 Å². The van der Waals surface area contributed by atoms with E-state index in [-0.39, 0.29) is 63.0 Å². The van der Waals surface area contributed by atoms with E-state index in [0.29, 0.717) is 15.0 Å². The number of nitrogens with one attached hydrogen (secondary N) is 3. The molecule has 6 saturated heterocycles. The number of anilines is 3. The van der Waals surface area contributed by atoms with Crippen molar-refractivity contribution >= 4 is 74.8 Å². The number of ether oxygens (including phenoxy) is 8. The number of methoxy groups -OCH3 is 2. The zero-order chi connectivity index (χ0) is 88.2. The van der Waals surface area contributed by atoms with E-state index in [2.05, 4.69) is 74.8 Å². The van der Waals surface area contributed by atoms with Gasteiger partial charge in [0.25, 0.3) is 16.7 Å². The number of H-pyrrole nitrogens is 3. The number of phosphoric acid groups is 3. The number of hydrogen-bond acceptors (Lipinski definition) is 44. The molecule has 9 aromatic rings. The van der Waals surface area contributed by atoms with Crippen LogP contribution in [0.15, 0.2) is 66.7 Å². The second-order valence-corrected chi connectivity index (χ2v) is 31.4. The number of alkyl halides is 4. The van der Waals surface area contributed by atoms with E-state index in [1.165, 1.54) is 39.0 Å².